The van der Waals surface area contributed by atoms with Crippen molar-refractivity contribution in [3.05, 3.63) is 22.4 Å². The summed E-state index contributed by atoms with van der Waals surface area (Å²) in [5.74, 6) is 0.180. The molecule has 0 spiro atoms. The van der Waals surface area contributed by atoms with E-state index in [1.54, 1.807) is 6.07 Å². The van der Waals surface area contributed by atoms with Crippen molar-refractivity contribution >= 4 is 32.9 Å². The van der Waals surface area contributed by atoms with E-state index in [9.17, 15) is 4.39 Å². The largest absolute Gasteiger partial charge is 0.369 e. The second kappa shape index (κ2) is 4.20. The smallest absolute Gasteiger partial charge is 0.201 e. The molecule has 1 aliphatic rings. The highest BCUT2D eigenvalue weighted by atomic mass is 79.9. The third-order valence-electron chi connectivity index (χ3n) is 4.07. The second-order valence-electron chi connectivity index (χ2n) is 6.16. The molecular weight excluding hydrogens is 309 g/mol. The van der Waals surface area contributed by atoms with E-state index in [1.165, 1.54) is 12.5 Å². The number of fused-ring (bicyclic) bond motifs is 1. The Bertz CT molecular complexity index is 648. The number of anilines is 1. The van der Waals surface area contributed by atoms with Crippen LogP contribution in [-0.2, 0) is 0 Å². The van der Waals surface area contributed by atoms with E-state index in [2.05, 4.69) is 39.3 Å². The van der Waals surface area contributed by atoms with Gasteiger partial charge in [-0.25, -0.2) is 9.37 Å². The normalized spacial score (nSPS) is 22.2. The van der Waals surface area contributed by atoms with Gasteiger partial charge in [0.1, 0.15) is 5.82 Å². The van der Waals surface area contributed by atoms with Crippen molar-refractivity contribution in [2.75, 3.05) is 5.73 Å². The number of aromatic nitrogens is 2. The average molecular weight is 326 g/mol. The van der Waals surface area contributed by atoms with E-state index < -0.39 is 0 Å². The minimum Gasteiger partial charge on any atom is -0.369 e. The lowest BCUT2D eigenvalue weighted by Crippen LogP contribution is -2.11. The van der Waals surface area contributed by atoms with Crippen molar-refractivity contribution in [1.29, 1.82) is 0 Å². The fourth-order valence-corrected chi connectivity index (χ4v) is 3.44. The second-order valence-corrected chi connectivity index (χ2v) is 7.01. The highest BCUT2D eigenvalue weighted by Gasteiger charge is 2.33. The van der Waals surface area contributed by atoms with Crippen LogP contribution in [0.15, 0.2) is 16.6 Å². The summed E-state index contributed by atoms with van der Waals surface area (Å²) in [5.41, 5.74) is 7.91. The molecule has 1 aliphatic carbocycles. The number of halogens is 2. The van der Waals surface area contributed by atoms with Crippen molar-refractivity contribution in [3.8, 4) is 0 Å². The van der Waals surface area contributed by atoms with Gasteiger partial charge < -0.3 is 10.3 Å². The standard InChI is InChI=1S/C14H17BrFN3/c1-14(2)4-3-8(7-14)19-12-5-9(15)10(16)6-11(12)18-13(19)17/h5-6,8H,3-4,7H2,1-2H3,(H2,17,18). The summed E-state index contributed by atoms with van der Waals surface area (Å²) in [6.45, 7) is 4.55. The third-order valence-corrected chi connectivity index (χ3v) is 4.67. The van der Waals surface area contributed by atoms with Gasteiger partial charge in [-0.15, -0.1) is 0 Å². The lowest BCUT2D eigenvalue weighted by molar-refractivity contribution is 0.361. The lowest BCUT2D eigenvalue weighted by atomic mass is 9.92. The van der Waals surface area contributed by atoms with Crippen LogP contribution in [0.4, 0.5) is 10.3 Å². The molecule has 0 radical (unpaired) electrons. The monoisotopic (exact) mass is 325 g/mol. The first-order valence-corrected chi connectivity index (χ1v) is 7.29. The van der Waals surface area contributed by atoms with Crippen LogP contribution < -0.4 is 5.73 Å². The van der Waals surface area contributed by atoms with Gasteiger partial charge in [-0.3, -0.25) is 0 Å². The zero-order valence-electron chi connectivity index (χ0n) is 11.1. The van der Waals surface area contributed by atoms with Crippen molar-refractivity contribution in [3.63, 3.8) is 0 Å². The van der Waals surface area contributed by atoms with Gasteiger partial charge in [0.15, 0.2) is 0 Å². The molecule has 1 unspecified atom stereocenters. The number of nitrogens with zero attached hydrogens (tertiary/aromatic N) is 2. The molecule has 2 aromatic rings. The molecule has 3 nitrogen and oxygen atoms in total. The number of rotatable bonds is 1. The number of imidazole rings is 1. The first-order valence-electron chi connectivity index (χ1n) is 6.50. The highest BCUT2D eigenvalue weighted by Crippen LogP contribution is 2.45. The summed E-state index contributed by atoms with van der Waals surface area (Å²) in [5, 5.41) is 0. The fraction of sp³-hybridized carbons (Fsp3) is 0.500. The van der Waals surface area contributed by atoms with Crippen molar-refractivity contribution in [1.82, 2.24) is 9.55 Å². The zero-order valence-corrected chi connectivity index (χ0v) is 12.7. The molecule has 1 saturated carbocycles. The van der Waals surface area contributed by atoms with Crippen LogP contribution in [0.2, 0.25) is 0 Å². The van der Waals surface area contributed by atoms with Crippen LogP contribution in [0.25, 0.3) is 11.0 Å². The molecule has 102 valence electrons. The summed E-state index contributed by atoms with van der Waals surface area (Å²) in [7, 11) is 0. The average Bonchev–Trinajstić information content (AvgIpc) is 2.79. The van der Waals surface area contributed by atoms with Crippen molar-refractivity contribution in [2.24, 2.45) is 5.41 Å². The predicted octanol–water partition coefficient (Wildman–Crippen LogP) is 4.27. The Labute approximate surface area is 120 Å². The number of hydrogen-bond acceptors (Lipinski definition) is 2. The first kappa shape index (κ1) is 12.9. The zero-order chi connectivity index (χ0) is 13.8. The maximum atomic E-state index is 13.6. The molecule has 1 aromatic heterocycles. The van der Waals surface area contributed by atoms with Crippen LogP contribution in [0.3, 0.4) is 0 Å². The Balaban J connectivity index is 2.13. The van der Waals surface area contributed by atoms with Gasteiger partial charge in [-0.05, 0) is 46.7 Å². The van der Waals surface area contributed by atoms with Crippen LogP contribution in [0, 0.1) is 11.2 Å². The maximum absolute atomic E-state index is 13.6. The number of nitrogens with two attached hydrogens (primary N) is 1. The van der Waals surface area contributed by atoms with E-state index in [1.807, 2.05) is 0 Å². The SMILES string of the molecule is CC1(C)CCC(n2c(N)nc3cc(F)c(Br)cc32)C1. The van der Waals surface area contributed by atoms with Crippen LogP contribution in [0.5, 0.6) is 0 Å². The summed E-state index contributed by atoms with van der Waals surface area (Å²) in [4.78, 5) is 4.29. The van der Waals surface area contributed by atoms with Gasteiger partial charge in [0.05, 0.1) is 15.5 Å². The molecule has 1 atom stereocenters. The quantitative estimate of drug-likeness (QED) is 0.850. The summed E-state index contributed by atoms with van der Waals surface area (Å²) < 4.78 is 16.1. The van der Waals surface area contributed by atoms with Gasteiger partial charge in [-0.1, -0.05) is 13.8 Å². The fourth-order valence-electron chi connectivity index (χ4n) is 3.11. The number of hydrogen-bond donors (Lipinski definition) is 1. The predicted molar refractivity (Wildman–Crippen MR) is 78.5 cm³/mol. The molecule has 0 amide bonds. The summed E-state index contributed by atoms with van der Waals surface area (Å²) >= 11 is 3.23. The van der Waals surface area contributed by atoms with Crippen LogP contribution in [-0.4, -0.2) is 9.55 Å². The van der Waals surface area contributed by atoms with Crippen molar-refractivity contribution in [2.45, 2.75) is 39.2 Å². The number of benzene rings is 1. The van der Waals surface area contributed by atoms with E-state index in [0.717, 1.165) is 18.4 Å². The molecule has 19 heavy (non-hydrogen) atoms. The molecular formula is C14H17BrFN3. The van der Waals surface area contributed by atoms with E-state index in [-0.39, 0.29) is 5.82 Å². The van der Waals surface area contributed by atoms with Gasteiger partial charge >= 0.3 is 0 Å². The molecule has 3 rings (SSSR count). The van der Waals surface area contributed by atoms with Gasteiger partial charge in [-0.2, -0.15) is 0 Å². The molecule has 1 fully saturated rings. The summed E-state index contributed by atoms with van der Waals surface area (Å²) in [6, 6.07) is 3.57. The Kier molecular flexibility index (Phi) is 2.85. The van der Waals surface area contributed by atoms with Gasteiger partial charge in [0, 0.05) is 12.1 Å². The van der Waals surface area contributed by atoms with Crippen LogP contribution >= 0.6 is 15.9 Å². The minimum atomic E-state index is -0.302. The Morgan fingerprint density at radius 1 is 1.47 bits per heavy atom. The Morgan fingerprint density at radius 2 is 2.21 bits per heavy atom. The molecule has 5 heteroatoms. The number of nitrogen functional groups attached to an aromatic ring is 1. The summed E-state index contributed by atoms with van der Waals surface area (Å²) in [6.07, 6.45) is 3.36. The van der Waals surface area contributed by atoms with E-state index in [0.29, 0.717) is 27.4 Å². The maximum Gasteiger partial charge on any atom is 0.201 e. The first-order chi connectivity index (χ1) is 8.87. The minimum absolute atomic E-state index is 0.302. The van der Waals surface area contributed by atoms with E-state index in [4.69, 9.17) is 5.73 Å². The molecule has 1 heterocycles. The van der Waals surface area contributed by atoms with Crippen LogP contribution in [0.1, 0.15) is 39.2 Å². The highest BCUT2D eigenvalue weighted by molar-refractivity contribution is 9.10. The van der Waals surface area contributed by atoms with Crippen molar-refractivity contribution < 1.29 is 4.39 Å². The topological polar surface area (TPSA) is 43.8 Å². The Morgan fingerprint density at radius 3 is 2.84 bits per heavy atom. The van der Waals surface area contributed by atoms with E-state index >= 15 is 0 Å². The third kappa shape index (κ3) is 2.14. The molecule has 1 aromatic carbocycles. The van der Waals surface area contributed by atoms with Gasteiger partial charge in [0.2, 0.25) is 5.95 Å². The Hall–Kier alpha value is -1.10. The molecule has 0 aliphatic heterocycles. The molecule has 2 N–H and O–H groups in total. The molecule has 0 saturated heterocycles. The van der Waals surface area contributed by atoms with Gasteiger partial charge in [0.25, 0.3) is 0 Å². The molecule has 0 bridgehead atoms. The lowest BCUT2D eigenvalue weighted by Gasteiger charge is -2.19.